The van der Waals surface area contributed by atoms with E-state index >= 15 is 0 Å². The number of piperidine rings is 1. The van der Waals surface area contributed by atoms with Crippen molar-refractivity contribution in [2.45, 2.75) is 37.8 Å². The molecule has 0 aliphatic carbocycles. The molecule has 0 aromatic heterocycles. The van der Waals surface area contributed by atoms with Crippen molar-refractivity contribution in [1.82, 2.24) is 4.90 Å². The first-order valence-electron chi connectivity index (χ1n) is 11.0. The third-order valence-electron chi connectivity index (χ3n) is 5.92. The molecular formula is C25H26N4O4. The van der Waals surface area contributed by atoms with Crippen LogP contribution in [0.1, 0.15) is 31.2 Å². The lowest BCUT2D eigenvalue weighted by Gasteiger charge is -2.27. The lowest BCUT2D eigenvalue weighted by Crippen LogP contribution is -2.45. The molecule has 8 nitrogen and oxygen atoms in total. The number of benzene rings is 2. The van der Waals surface area contributed by atoms with Crippen LogP contribution in [0.3, 0.4) is 0 Å². The summed E-state index contributed by atoms with van der Waals surface area (Å²) in [6.07, 6.45) is 7.14. The molecule has 4 amide bonds. The quantitative estimate of drug-likeness (QED) is 0.629. The number of hydrogen-bond acceptors (Lipinski definition) is 4. The number of hydrogen-bond donors (Lipinski definition) is 3. The molecule has 2 aromatic carbocycles. The van der Waals surface area contributed by atoms with Gasteiger partial charge < -0.3 is 25.5 Å². The summed E-state index contributed by atoms with van der Waals surface area (Å²) in [7, 11) is 0. The molecular weight excluding hydrogens is 420 g/mol. The molecule has 2 aliphatic rings. The molecule has 0 bridgehead atoms. The number of β-amino-alcohol motifs (C(OH)–C–C–N with tert-alkyl or cyclic N) is 1. The number of anilines is 3. The van der Waals surface area contributed by atoms with Gasteiger partial charge in [-0.3, -0.25) is 9.59 Å². The first-order chi connectivity index (χ1) is 15.9. The summed E-state index contributed by atoms with van der Waals surface area (Å²) < 4.78 is 0. The monoisotopic (exact) mass is 446 g/mol. The SMILES string of the molecule is C#Cc1ccc(NC(=O)N2CC(O)CC2C(=O)Nc2ccc(N3CCCCC3=O)cc2)cc1. The van der Waals surface area contributed by atoms with Gasteiger partial charge in [-0.1, -0.05) is 5.92 Å². The van der Waals surface area contributed by atoms with Crippen LogP contribution < -0.4 is 15.5 Å². The van der Waals surface area contributed by atoms with Crippen LogP contribution in [-0.2, 0) is 9.59 Å². The van der Waals surface area contributed by atoms with Gasteiger partial charge in [0.1, 0.15) is 6.04 Å². The van der Waals surface area contributed by atoms with Gasteiger partial charge >= 0.3 is 6.03 Å². The Morgan fingerprint density at radius 1 is 1.00 bits per heavy atom. The number of rotatable bonds is 4. The number of aliphatic hydroxyl groups is 1. The fourth-order valence-corrected chi connectivity index (χ4v) is 4.16. The van der Waals surface area contributed by atoms with Gasteiger partial charge in [0.2, 0.25) is 11.8 Å². The van der Waals surface area contributed by atoms with Crippen molar-refractivity contribution in [1.29, 1.82) is 0 Å². The van der Waals surface area contributed by atoms with Crippen molar-refractivity contribution in [3.05, 3.63) is 54.1 Å². The fraction of sp³-hybridized carbons (Fsp3) is 0.320. The number of aliphatic hydroxyl groups excluding tert-OH is 1. The standard InChI is InChI=1S/C25H26N4O4/c1-2-17-6-8-19(9-7-17)27-25(33)29-16-21(30)15-22(29)24(32)26-18-10-12-20(13-11-18)28-14-4-3-5-23(28)31/h1,6-13,21-22,30H,3-5,14-16H2,(H,26,32)(H,27,33). The van der Waals surface area contributed by atoms with Gasteiger partial charge in [0, 0.05) is 48.6 Å². The van der Waals surface area contributed by atoms with Gasteiger partial charge in [0.25, 0.3) is 0 Å². The third kappa shape index (κ3) is 5.16. The highest BCUT2D eigenvalue weighted by molar-refractivity contribution is 6.00. The van der Waals surface area contributed by atoms with Gasteiger partial charge in [0.05, 0.1) is 6.10 Å². The van der Waals surface area contributed by atoms with Crippen molar-refractivity contribution in [2.24, 2.45) is 0 Å². The molecule has 2 heterocycles. The Bertz CT molecular complexity index is 1080. The summed E-state index contributed by atoms with van der Waals surface area (Å²) in [5.74, 6) is 2.23. The highest BCUT2D eigenvalue weighted by Crippen LogP contribution is 2.25. The van der Waals surface area contributed by atoms with Crippen molar-refractivity contribution < 1.29 is 19.5 Å². The van der Waals surface area contributed by atoms with Crippen LogP contribution in [0.4, 0.5) is 21.9 Å². The Morgan fingerprint density at radius 2 is 1.67 bits per heavy atom. The Morgan fingerprint density at radius 3 is 2.33 bits per heavy atom. The maximum Gasteiger partial charge on any atom is 0.322 e. The van der Waals surface area contributed by atoms with Crippen molar-refractivity contribution in [3.8, 4) is 12.3 Å². The van der Waals surface area contributed by atoms with Crippen LogP contribution in [-0.4, -0.2) is 53.1 Å². The highest BCUT2D eigenvalue weighted by atomic mass is 16.3. The van der Waals surface area contributed by atoms with Gasteiger partial charge in [-0.05, 0) is 61.4 Å². The van der Waals surface area contributed by atoms with Crippen molar-refractivity contribution >= 4 is 34.9 Å². The lowest BCUT2D eigenvalue weighted by molar-refractivity contribution is -0.120. The van der Waals surface area contributed by atoms with E-state index in [9.17, 15) is 19.5 Å². The van der Waals surface area contributed by atoms with E-state index in [1.807, 2.05) is 0 Å². The molecule has 8 heteroatoms. The summed E-state index contributed by atoms with van der Waals surface area (Å²) in [5.41, 5.74) is 2.59. The normalized spacial score (nSPS) is 20.3. The number of amides is 4. The van der Waals surface area contributed by atoms with Crippen LogP contribution in [0.5, 0.6) is 0 Å². The number of carbonyl (C=O) groups is 3. The second kappa shape index (κ2) is 9.76. The number of urea groups is 1. The van der Waals surface area contributed by atoms with E-state index in [1.54, 1.807) is 53.4 Å². The topological polar surface area (TPSA) is 102 Å². The van der Waals surface area contributed by atoms with Gasteiger partial charge in [-0.2, -0.15) is 0 Å². The molecule has 33 heavy (non-hydrogen) atoms. The molecule has 0 saturated carbocycles. The largest absolute Gasteiger partial charge is 0.391 e. The zero-order valence-corrected chi connectivity index (χ0v) is 18.2. The van der Waals surface area contributed by atoms with Crippen molar-refractivity contribution in [2.75, 3.05) is 28.6 Å². The molecule has 2 atom stereocenters. The summed E-state index contributed by atoms with van der Waals surface area (Å²) in [4.78, 5) is 40.9. The zero-order chi connectivity index (χ0) is 23.4. The van der Waals surface area contributed by atoms with E-state index < -0.39 is 18.2 Å². The molecule has 2 saturated heterocycles. The maximum absolute atomic E-state index is 12.9. The second-order valence-electron chi connectivity index (χ2n) is 8.25. The average molecular weight is 447 g/mol. The Labute approximate surface area is 192 Å². The number of terminal acetylenes is 1. The van der Waals surface area contributed by atoms with Crippen LogP contribution in [0, 0.1) is 12.3 Å². The molecule has 0 spiro atoms. The van der Waals surface area contributed by atoms with Gasteiger partial charge in [-0.25, -0.2) is 4.79 Å². The lowest BCUT2D eigenvalue weighted by atomic mass is 10.1. The van der Waals surface area contributed by atoms with Gasteiger partial charge in [-0.15, -0.1) is 6.42 Å². The zero-order valence-electron chi connectivity index (χ0n) is 18.2. The summed E-state index contributed by atoms with van der Waals surface area (Å²) >= 11 is 0. The number of nitrogens with one attached hydrogen (secondary N) is 2. The number of likely N-dealkylation sites (tertiary alicyclic amines) is 1. The second-order valence-corrected chi connectivity index (χ2v) is 8.25. The minimum atomic E-state index is -0.812. The molecule has 2 fully saturated rings. The minimum Gasteiger partial charge on any atom is -0.391 e. The molecule has 2 aliphatic heterocycles. The summed E-state index contributed by atoms with van der Waals surface area (Å²) in [5, 5.41) is 15.7. The molecule has 2 unspecified atom stereocenters. The van der Waals surface area contributed by atoms with Crippen molar-refractivity contribution in [3.63, 3.8) is 0 Å². The van der Waals surface area contributed by atoms with Crippen LogP contribution in [0.2, 0.25) is 0 Å². The third-order valence-corrected chi connectivity index (χ3v) is 5.92. The molecule has 2 aromatic rings. The summed E-state index contributed by atoms with van der Waals surface area (Å²) in [6, 6.07) is 12.6. The highest BCUT2D eigenvalue weighted by Gasteiger charge is 2.39. The first-order valence-corrected chi connectivity index (χ1v) is 11.0. The minimum absolute atomic E-state index is 0.0579. The van der Waals surface area contributed by atoms with E-state index in [-0.39, 0.29) is 24.8 Å². The maximum atomic E-state index is 12.9. The number of nitrogens with zero attached hydrogens (tertiary/aromatic N) is 2. The fourth-order valence-electron chi connectivity index (χ4n) is 4.16. The first kappa shape index (κ1) is 22.4. The Balaban J connectivity index is 1.40. The van der Waals surface area contributed by atoms with Gasteiger partial charge in [0.15, 0.2) is 0 Å². The van der Waals surface area contributed by atoms with E-state index in [4.69, 9.17) is 6.42 Å². The van der Waals surface area contributed by atoms with Crippen LogP contribution in [0.25, 0.3) is 0 Å². The predicted molar refractivity (Wildman–Crippen MR) is 126 cm³/mol. The molecule has 3 N–H and O–H groups in total. The predicted octanol–water partition coefficient (Wildman–Crippen LogP) is 2.79. The smallest absolute Gasteiger partial charge is 0.322 e. The number of carbonyl (C=O) groups excluding carboxylic acids is 3. The van der Waals surface area contributed by atoms with E-state index in [1.165, 1.54) is 4.90 Å². The average Bonchev–Trinajstić information content (AvgIpc) is 3.22. The molecule has 4 rings (SSSR count). The van der Waals surface area contributed by atoms with Crippen LogP contribution >= 0.6 is 0 Å². The van der Waals surface area contributed by atoms with E-state index in [0.717, 1.165) is 18.5 Å². The Hall–Kier alpha value is -3.83. The van der Waals surface area contributed by atoms with Crippen LogP contribution in [0.15, 0.2) is 48.5 Å². The van der Waals surface area contributed by atoms with E-state index in [0.29, 0.717) is 29.9 Å². The van der Waals surface area contributed by atoms with E-state index in [2.05, 4.69) is 16.6 Å². The molecule has 0 radical (unpaired) electrons. The Kier molecular flexibility index (Phi) is 6.61. The summed E-state index contributed by atoms with van der Waals surface area (Å²) in [6.45, 7) is 0.752. The molecule has 170 valence electrons.